The van der Waals surface area contributed by atoms with Gasteiger partial charge in [-0.25, -0.2) is 0 Å². The molecular weight excluding hydrogens is 386 g/mol. The first-order chi connectivity index (χ1) is 14.7. The van der Waals surface area contributed by atoms with Crippen LogP contribution >= 0.6 is 0 Å². The monoisotopic (exact) mass is 403 g/mol. The lowest BCUT2D eigenvalue weighted by Crippen LogP contribution is -2.30. The van der Waals surface area contributed by atoms with Gasteiger partial charge in [-0.05, 0) is 35.4 Å². The fourth-order valence-electron chi connectivity index (χ4n) is 2.70. The highest BCUT2D eigenvalue weighted by Crippen LogP contribution is 2.19. The Bertz CT molecular complexity index is 1120. The van der Waals surface area contributed by atoms with Crippen LogP contribution in [0.15, 0.2) is 81.8 Å². The van der Waals surface area contributed by atoms with E-state index in [1.54, 1.807) is 24.3 Å². The van der Waals surface area contributed by atoms with Crippen molar-refractivity contribution in [2.24, 2.45) is 0 Å². The molecule has 0 spiro atoms. The molecule has 2 heterocycles. The number of rotatable bonds is 7. The van der Waals surface area contributed by atoms with E-state index in [1.807, 2.05) is 42.5 Å². The number of aromatic nitrogens is 2. The minimum atomic E-state index is -0.623. The van der Waals surface area contributed by atoms with E-state index < -0.39 is 5.97 Å². The van der Waals surface area contributed by atoms with Gasteiger partial charge in [0.15, 0.2) is 12.4 Å². The molecule has 30 heavy (non-hydrogen) atoms. The molecule has 0 radical (unpaired) electrons. The van der Waals surface area contributed by atoms with Crippen molar-refractivity contribution in [3.8, 4) is 22.8 Å². The topological polar surface area (TPSA) is 107 Å². The van der Waals surface area contributed by atoms with Crippen molar-refractivity contribution < 1.29 is 23.2 Å². The Morgan fingerprint density at radius 1 is 0.900 bits per heavy atom. The zero-order chi connectivity index (χ0) is 20.8. The molecule has 8 heteroatoms. The zero-order valence-corrected chi connectivity index (χ0v) is 15.8. The van der Waals surface area contributed by atoms with Crippen molar-refractivity contribution in [2.75, 3.05) is 6.54 Å². The Morgan fingerprint density at radius 2 is 1.67 bits per heavy atom. The first-order valence-corrected chi connectivity index (χ1v) is 9.14. The molecule has 150 valence electrons. The van der Waals surface area contributed by atoms with Gasteiger partial charge in [-0.3, -0.25) is 9.59 Å². The average Bonchev–Trinajstić information content (AvgIpc) is 3.49. The number of amides is 1. The first-order valence-electron chi connectivity index (χ1n) is 9.14. The van der Waals surface area contributed by atoms with Gasteiger partial charge < -0.3 is 18.9 Å². The van der Waals surface area contributed by atoms with E-state index in [1.165, 1.54) is 6.26 Å². The number of esters is 1. The number of carbonyl (C=O) groups excluding carboxylic acids is 2. The molecule has 1 N–H and O–H groups in total. The van der Waals surface area contributed by atoms with Crippen LogP contribution in [0.4, 0.5) is 0 Å². The lowest BCUT2D eigenvalue weighted by atomic mass is 10.0. The third kappa shape index (κ3) is 4.61. The Balaban J connectivity index is 1.25. The molecular formula is C22H17N3O5. The smallest absolute Gasteiger partial charge is 0.325 e. The Kier molecular flexibility index (Phi) is 5.66. The number of ether oxygens (including phenoxy) is 1. The minimum Gasteiger partial charge on any atom is -0.459 e. The summed E-state index contributed by atoms with van der Waals surface area (Å²) in [7, 11) is 0. The highest BCUT2D eigenvalue weighted by molar-refractivity contribution is 5.96. The van der Waals surface area contributed by atoms with Crippen molar-refractivity contribution in [3.05, 3.63) is 84.4 Å². The summed E-state index contributed by atoms with van der Waals surface area (Å²) in [4.78, 5) is 24.1. The number of hydrogen-bond donors (Lipinski definition) is 1. The summed E-state index contributed by atoms with van der Waals surface area (Å²) in [5.41, 5.74) is 2.51. The maximum atomic E-state index is 12.2. The molecule has 0 bridgehead atoms. The van der Waals surface area contributed by atoms with Gasteiger partial charge in [0, 0.05) is 5.56 Å². The van der Waals surface area contributed by atoms with Gasteiger partial charge >= 0.3 is 5.97 Å². The van der Waals surface area contributed by atoms with Gasteiger partial charge in [0.05, 0.1) is 6.26 Å². The highest BCUT2D eigenvalue weighted by atomic mass is 16.5. The van der Waals surface area contributed by atoms with Crippen LogP contribution in [0.5, 0.6) is 0 Å². The van der Waals surface area contributed by atoms with E-state index in [2.05, 4.69) is 15.5 Å². The van der Waals surface area contributed by atoms with E-state index in [9.17, 15) is 9.59 Å². The van der Waals surface area contributed by atoms with E-state index in [-0.39, 0.29) is 30.8 Å². The fourth-order valence-corrected chi connectivity index (χ4v) is 2.70. The molecule has 4 aromatic rings. The highest BCUT2D eigenvalue weighted by Gasteiger charge is 2.14. The molecule has 0 aliphatic carbocycles. The van der Waals surface area contributed by atoms with Crippen molar-refractivity contribution >= 4 is 11.9 Å². The van der Waals surface area contributed by atoms with Crippen LogP contribution in [0.1, 0.15) is 16.2 Å². The van der Waals surface area contributed by atoms with Gasteiger partial charge in [0.1, 0.15) is 6.54 Å². The van der Waals surface area contributed by atoms with Gasteiger partial charge in [-0.2, -0.15) is 0 Å². The second kappa shape index (κ2) is 8.87. The number of nitrogens with zero attached hydrogens (tertiary/aromatic N) is 2. The van der Waals surface area contributed by atoms with Crippen molar-refractivity contribution in [3.63, 3.8) is 0 Å². The van der Waals surface area contributed by atoms with E-state index >= 15 is 0 Å². The molecule has 2 aromatic carbocycles. The van der Waals surface area contributed by atoms with E-state index in [0.717, 1.165) is 11.1 Å². The van der Waals surface area contributed by atoms with E-state index in [0.29, 0.717) is 11.3 Å². The Morgan fingerprint density at radius 3 is 2.40 bits per heavy atom. The second-order valence-corrected chi connectivity index (χ2v) is 6.26. The van der Waals surface area contributed by atoms with Crippen molar-refractivity contribution in [2.45, 2.75) is 6.61 Å². The average molecular weight is 403 g/mol. The zero-order valence-electron chi connectivity index (χ0n) is 15.8. The maximum Gasteiger partial charge on any atom is 0.325 e. The number of hydrogen-bond acceptors (Lipinski definition) is 7. The van der Waals surface area contributed by atoms with Crippen molar-refractivity contribution in [1.82, 2.24) is 15.5 Å². The Labute approximate surface area is 171 Å². The molecule has 4 rings (SSSR count). The van der Waals surface area contributed by atoms with Crippen LogP contribution in [0.2, 0.25) is 0 Å². The number of furan rings is 1. The van der Waals surface area contributed by atoms with Crippen LogP contribution in [-0.4, -0.2) is 28.6 Å². The minimum absolute atomic E-state index is 0.123. The fraction of sp³-hybridized carbons (Fsp3) is 0.0909. The molecule has 0 unspecified atom stereocenters. The number of nitrogens with one attached hydrogen (secondary N) is 1. The molecule has 0 saturated carbocycles. The first kappa shape index (κ1) is 19.1. The predicted molar refractivity (Wildman–Crippen MR) is 106 cm³/mol. The van der Waals surface area contributed by atoms with Crippen LogP contribution in [0.25, 0.3) is 22.8 Å². The molecule has 1 amide bonds. The summed E-state index contributed by atoms with van der Waals surface area (Å²) >= 11 is 0. The predicted octanol–water partition coefficient (Wildman–Crippen LogP) is 3.47. The van der Waals surface area contributed by atoms with Gasteiger partial charge in [-0.15, -0.1) is 10.2 Å². The van der Waals surface area contributed by atoms with Gasteiger partial charge in [0.25, 0.3) is 17.7 Å². The molecule has 0 saturated heterocycles. The van der Waals surface area contributed by atoms with Gasteiger partial charge in [0.2, 0.25) is 0 Å². The summed E-state index contributed by atoms with van der Waals surface area (Å²) in [6, 6.07) is 20.3. The summed E-state index contributed by atoms with van der Waals surface area (Å²) in [5.74, 6) is -0.257. The number of carbonyl (C=O) groups is 2. The molecule has 2 aromatic heterocycles. The number of benzene rings is 2. The third-order valence-electron chi connectivity index (χ3n) is 4.20. The van der Waals surface area contributed by atoms with E-state index in [4.69, 9.17) is 13.6 Å². The molecule has 8 nitrogen and oxygen atoms in total. The van der Waals surface area contributed by atoms with Crippen LogP contribution in [0, 0.1) is 0 Å². The molecule has 0 atom stereocenters. The lowest BCUT2D eigenvalue weighted by Gasteiger charge is -2.06. The lowest BCUT2D eigenvalue weighted by molar-refractivity contribution is -0.144. The third-order valence-corrected chi connectivity index (χ3v) is 4.20. The summed E-state index contributed by atoms with van der Waals surface area (Å²) in [6.45, 7) is -0.480. The largest absolute Gasteiger partial charge is 0.459 e. The summed E-state index contributed by atoms with van der Waals surface area (Å²) in [5, 5.41) is 10.1. The molecule has 0 aliphatic heterocycles. The summed E-state index contributed by atoms with van der Waals surface area (Å²) in [6.07, 6.45) is 1.48. The molecule has 0 aliphatic rings. The normalized spacial score (nSPS) is 10.5. The SMILES string of the molecule is O=C(CNC(=O)c1ccc(-c2ccccc2)cc1)OCc1nnc(-c2ccco2)o1. The van der Waals surface area contributed by atoms with Crippen LogP contribution in [0.3, 0.4) is 0 Å². The van der Waals surface area contributed by atoms with Crippen molar-refractivity contribution in [1.29, 1.82) is 0 Å². The maximum absolute atomic E-state index is 12.2. The summed E-state index contributed by atoms with van der Waals surface area (Å²) < 4.78 is 15.5. The van der Waals surface area contributed by atoms with Gasteiger partial charge in [-0.1, -0.05) is 42.5 Å². The Hall–Kier alpha value is -4.20. The second-order valence-electron chi connectivity index (χ2n) is 6.26. The van der Waals surface area contributed by atoms with Crippen LogP contribution in [-0.2, 0) is 16.1 Å². The van der Waals surface area contributed by atoms with Crippen LogP contribution < -0.4 is 5.32 Å². The quantitative estimate of drug-likeness (QED) is 0.471. The standard InChI is InChI=1S/C22H17N3O5/c26-20(29-14-19-24-25-22(30-19)18-7-4-12-28-18)13-23-21(27)17-10-8-16(9-11-17)15-5-2-1-3-6-15/h1-12H,13-14H2,(H,23,27). The molecule has 0 fully saturated rings.